The second-order valence-corrected chi connectivity index (χ2v) is 7.56. The summed E-state index contributed by atoms with van der Waals surface area (Å²) >= 11 is 12.0. The third-order valence-electron chi connectivity index (χ3n) is 4.52. The van der Waals surface area contributed by atoms with E-state index in [-0.39, 0.29) is 18.4 Å². The number of amides is 1. The SMILES string of the molecule is O=C(Cc1ccc(O)c(F)c1)NCC1CN(Cc2ccc(Cl)c(Cl)c2)CCO1. The van der Waals surface area contributed by atoms with Crippen LogP contribution in [-0.4, -0.2) is 48.3 Å². The van der Waals surface area contributed by atoms with Crippen molar-refractivity contribution in [3.05, 3.63) is 63.4 Å². The van der Waals surface area contributed by atoms with Crippen LogP contribution in [0.1, 0.15) is 11.1 Å². The van der Waals surface area contributed by atoms with E-state index in [1.807, 2.05) is 12.1 Å². The van der Waals surface area contributed by atoms with Crippen molar-refractivity contribution in [3.8, 4) is 5.75 Å². The van der Waals surface area contributed by atoms with E-state index < -0.39 is 11.6 Å². The van der Waals surface area contributed by atoms with E-state index in [1.165, 1.54) is 12.1 Å². The van der Waals surface area contributed by atoms with Crippen molar-refractivity contribution in [3.63, 3.8) is 0 Å². The Kier molecular flexibility index (Phi) is 7.13. The zero-order chi connectivity index (χ0) is 20.1. The zero-order valence-corrected chi connectivity index (χ0v) is 16.6. The Labute approximate surface area is 173 Å². The molecular formula is C20H21Cl2FN2O3. The fourth-order valence-corrected chi connectivity index (χ4v) is 3.40. The largest absolute Gasteiger partial charge is 0.505 e. The number of aromatic hydroxyl groups is 1. The first kappa shape index (κ1) is 20.9. The van der Waals surface area contributed by atoms with Gasteiger partial charge in [-0.25, -0.2) is 4.39 Å². The summed E-state index contributed by atoms with van der Waals surface area (Å²) in [4.78, 5) is 14.3. The van der Waals surface area contributed by atoms with Crippen molar-refractivity contribution in [2.24, 2.45) is 0 Å². The summed E-state index contributed by atoms with van der Waals surface area (Å²) < 4.78 is 19.1. The molecule has 150 valence electrons. The Morgan fingerprint density at radius 1 is 1.21 bits per heavy atom. The summed E-state index contributed by atoms with van der Waals surface area (Å²) in [6.45, 7) is 3.13. The number of phenolic OH excluding ortho intramolecular Hbond substituents is 1. The summed E-state index contributed by atoms with van der Waals surface area (Å²) in [6.07, 6.45) is -0.0892. The molecule has 28 heavy (non-hydrogen) atoms. The van der Waals surface area contributed by atoms with Gasteiger partial charge in [0.05, 0.1) is 29.2 Å². The molecule has 0 spiro atoms. The van der Waals surface area contributed by atoms with Gasteiger partial charge in [0.2, 0.25) is 5.91 Å². The first-order chi connectivity index (χ1) is 13.4. The average Bonchev–Trinajstić information content (AvgIpc) is 2.66. The molecule has 1 heterocycles. The Morgan fingerprint density at radius 2 is 2.00 bits per heavy atom. The third kappa shape index (κ3) is 5.82. The van der Waals surface area contributed by atoms with Crippen molar-refractivity contribution in [2.45, 2.75) is 19.1 Å². The lowest BCUT2D eigenvalue weighted by Crippen LogP contribution is -2.47. The second kappa shape index (κ2) is 9.56. The van der Waals surface area contributed by atoms with Gasteiger partial charge in [0.1, 0.15) is 0 Å². The standard InChI is InChI=1S/C20H21Cl2FN2O3/c21-16-3-1-14(7-17(16)22)11-25-5-6-28-15(12-25)10-24-20(27)9-13-2-4-19(26)18(23)8-13/h1-4,7-8,15,26H,5-6,9-12H2,(H,24,27). The summed E-state index contributed by atoms with van der Waals surface area (Å²) in [7, 11) is 0. The molecule has 1 atom stereocenters. The molecule has 1 saturated heterocycles. The minimum Gasteiger partial charge on any atom is -0.505 e. The maximum atomic E-state index is 13.4. The lowest BCUT2D eigenvalue weighted by Gasteiger charge is -2.33. The number of halogens is 3. The first-order valence-electron chi connectivity index (χ1n) is 8.92. The first-order valence-corrected chi connectivity index (χ1v) is 9.68. The van der Waals surface area contributed by atoms with Gasteiger partial charge in [-0.15, -0.1) is 0 Å². The number of carbonyl (C=O) groups excluding carboxylic acids is 1. The van der Waals surface area contributed by atoms with E-state index in [0.717, 1.165) is 24.7 Å². The normalized spacial score (nSPS) is 17.5. The highest BCUT2D eigenvalue weighted by atomic mass is 35.5. The van der Waals surface area contributed by atoms with E-state index in [2.05, 4.69) is 10.2 Å². The molecule has 1 fully saturated rings. The lowest BCUT2D eigenvalue weighted by atomic mass is 10.1. The number of nitrogens with one attached hydrogen (secondary N) is 1. The maximum Gasteiger partial charge on any atom is 0.224 e. The van der Waals surface area contributed by atoms with Gasteiger partial charge in [0, 0.05) is 26.2 Å². The quantitative estimate of drug-likeness (QED) is 0.742. The fraction of sp³-hybridized carbons (Fsp3) is 0.350. The molecule has 0 bridgehead atoms. The minimum atomic E-state index is -0.737. The van der Waals surface area contributed by atoms with Crippen LogP contribution in [0.5, 0.6) is 5.75 Å². The van der Waals surface area contributed by atoms with Gasteiger partial charge in [-0.05, 0) is 35.4 Å². The van der Waals surface area contributed by atoms with Crippen molar-refractivity contribution in [1.82, 2.24) is 10.2 Å². The molecule has 1 amide bonds. The smallest absolute Gasteiger partial charge is 0.224 e. The molecule has 8 heteroatoms. The van der Waals surface area contributed by atoms with Gasteiger partial charge in [-0.3, -0.25) is 9.69 Å². The van der Waals surface area contributed by atoms with Crippen LogP contribution in [0.3, 0.4) is 0 Å². The minimum absolute atomic E-state index is 0.0386. The van der Waals surface area contributed by atoms with E-state index >= 15 is 0 Å². The molecule has 1 unspecified atom stereocenters. The van der Waals surface area contributed by atoms with Gasteiger partial charge < -0.3 is 15.2 Å². The van der Waals surface area contributed by atoms with Crippen LogP contribution in [0, 0.1) is 5.82 Å². The van der Waals surface area contributed by atoms with Gasteiger partial charge >= 0.3 is 0 Å². The molecule has 3 rings (SSSR count). The van der Waals surface area contributed by atoms with Crippen molar-refractivity contribution >= 4 is 29.1 Å². The van der Waals surface area contributed by atoms with Crippen molar-refractivity contribution in [1.29, 1.82) is 0 Å². The predicted molar refractivity (Wildman–Crippen MR) is 106 cm³/mol. The molecular weight excluding hydrogens is 406 g/mol. The topological polar surface area (TPSA) is 61.8 Å². The Morgan fingerprint density at radius 3 is 2.75 bits per heavy atom. The molecule has 0 radical (unpaired) electrons. The van der Waals surface area contributed by atoms with Crippen LogP contribution in [0.15, 0.2) is 36.4 Å². The van der Waals surface area contributed by atoms with E-state index in [0.29, 0.717) is 35.3 Å². The van der Waals surface area contributed by atoms with Crippen LogP contribution >= 0.6 is 23.2 Å². The second-order valence-electron chi connectivity index (χ2n) is 6.74. The van der Waals surface area contributed by atoms with E-state index in [1.54, 1.807) is 6.07 Å². The number of morpholine rings is 1. The Balaban J connectivity index is 1.47. The summed E-state index contributed by atoms with van der Waals surface area (Å²) in [6, 6.07) is 9.50. The molecule has 2 aromatic rings. The molecule has 1 aliphatic heterocycles. The molecule has 2 N–H and O–H groups in total. The number of nitrogens with zero attached hydrogens (tertiary/aromatic N) is 1. The van der Waals surface area contributed by atoms with Gasteiger partial charge in [0.15, 0.2) is 11.6 Å². The molecule has 0 saturated carbocycles. The third-order valence-corrected chi connectivity index (χ3v) is 5.26. The van der Waals surface area contributed by atoms with Crippen LogP contribution in [0.25, 0.3) is 0 Å². The molecule has 0 aromatic heterocycles. The van der Waals surface area contributed by atoms with Crippen LogP contribution in [0.2, 0.25) is 10.0 Å². The van der Waals surface area contributed by atoms with Crippen LogP contribution in [-0.2, 0) is 22.5 Å². The highest BCUT2D eigenvalue weighted by molar-refractivity contribution is 6.42. The molecule has 2 aromatic carbocycles. The van der Waals surface area contributed by atoms with Crippen LogP contribution < -0.4 is 5.32 Å². The number of hydrogen-bond donors (Lipinski definition) is 2. The Bertz CT molecular complexity index is 850. The lowest BCUT2D eigenvalue weighted by molar-refractivity contribution is -0.121. The zero-order valence-electron chi connectivity index (χ0n) is 15.1. The van der Waals surface area contributed by atoms with E-state index in [9.17, 15) is 14.3 Å². The van der Waals surface area contributed by atoms with Crippen molar-refractivity contribution in [2.75, 3.05) is 26.2 Å². The fourth-order valence-electron chi connectivity index (χ4n) is 3.08. The van der Waals surface area contributed by atoms with Crippen molar-refractivity contribution < 1.29 is 19.0 Å². The predicted octanol–water partition coefficient (Wildman–Crippen LogP) is 3.40. The highest BCUT2D eigenvalue weighted by Gasteiger charge is 2.21. The number of ether oxygens (including phenoxy) is 1. The number of rotatable bonds is 6. The Hall–Kier alpha value is -1.86. The maximum absolute atomic E-state index is 13.4. The summed E-state index contributed by atoms with van der Waals surface area (Å²) in [5.41, 5.74) is 1.56. The number of benzene rings is 2. The average molecular weight is 427 g/mol. The van der Waals surface area contributed by atoms with Gasteiger partial charge in [-0.1, -0.05) is 35.3 Å². The van der Waals surface area contributed by atoms with Gasteiger partial charge in [0.25, 0.3) is 0 Å². The number of hydrogen-bond acceptors (Lipinski definition) is 4. The molecule has 1 aliphatic rings. The van der Waals surface area contributed by atoms with Gasteiger partial charge in [-0.2, -0.15) is 0 Å². The van der Waals surface area contributed by atoms with E-state index in [4.69, 9.17) is 27.9 Å². The number of phenols is 1. The highest BCUT2D eigenvalue weighted by Crippen LogP contribution is 2.23. The summed E-state index contributed by atoms with van der Waals surface area (Å²) in [5.74, 6) is -1.39. The molecule has 5 nitrogen and oxygen atoms in total. The number of carbonyl (C=O) groups is 1. The molecule has 0 aliphatic carbocycles. The van der Waals surface area contributed by atoms with Crippen LogP contribution in [0.4, 0.5) is 4.39 Å². The monoisotopic (exact) mass is 426 g/mol. The summed E-state index contributed by atoms with van der Waals surface area (Å²) in [5, 5.41) is 13.1.